The average Bonchev–Trinajstić information content (AvgIpc) is 0.729. The molecule has 0 fully saturated rings. The van der Waals surface area contributed by atoms with E-state index in [0.29, 0.717) is 5.39 Å². The van der Waals surface area contributed by atoms with Crippen LogP contribution in [0.25, 0.3) is 153 Å². The van der Waals surface area contributed by atoms with Gasteiger partial charge in [-0.1, -0.05) is 267 Å². The van der Waals surface area contributed by atoms with Crippen molar-refractivity contribution in [3.8, 4) is 78.3 Å². The van der Waals surface area contributed by atoms with Gasteiger partial charge in [0.15, 0.2) is 0 Å². The molecule has 16 aromatic rings. The zero-order valence-corrected chi connectivity index (χ0v) is 56.2. The van der Waals surface area contributed by atoms with Gasteiger partial charge in [-0.25, -0.2) is 0 Å². The lowest BCUT2D eigenvalue weighted by atomic mass is 9.83. The van der Waals surface area contributed by atoms with Crippen molar-refractivity contribution >= 4 is 117 Å². The number of phenolic OH excluding ortho intramolecular Hbond substituents is 1. The fourth-order valence-electron chi connectivity index (χ4n) is 13.4. The lowest BCUT2D eigenvalue weighted by Gasteiger charge is -2.20. The van der Waals surface area contributed by atoms with Crippen molar-refractivity contribution in [2.24, 2.45) is 0 Å². The molecule has 0 saturated heterocycles. The van der Waals surface area contributed by atoms with Gasteiger partial charge < -0.3 is 9.29 Å². The second kappa shape index (κ2) is 27.0. The van der Waals surface area contributed by atoms with Crippen molar-refractivity contribution in [2.75, 3.05) is 0 Å². The highest BCUT2D eigenvalue weighted by Gasteiger charge is 2.57. The molecule has 0 spiro atoms. The fraction of sp³-hybridized carbons (Fsp3) is 0.0361. The Morgan fingerprint density at radius 1 is 0.240 bits per heavy atom. The van der Waals surface area contributed by atoms with Crippen LogP contribution < -0.4 is 4.18 Å². The Kier molecular flexibility index (Phi) is 18.0. The van der Waals surface area contributed by atoms with Gasteiger partial charge in [0.25, 0.3) is 0 Å². The molecule has 104 heavy (non-hydrogen) atoms. The number of benzene rings is 16. The summed E-state index contributed by atoms with van der Waals surface area (Å²) < 4.78 is 177. The molecule has 1 N–H and O–H groups in total. The zero-order valence-electron chi connectivity index (χ0n) is 53.7. The minimum absolute atomic E-state index is 0.283. The third-order valence-corrected chi connectivity index (χ3v) is 21.4. The number of phenols is 1. The van der Waals surface area contributed by atoms with Crippen LogP contribution in [0.1, 0.15) is 0 Å². The molecule has 0 aliphatic heterocycles. The maximum absolute atomic E-state index is 13.0. The third kappa shape index (κ3) is 13.1. The van der Waals surface area contributed by atoms with Crippen LogP contribution in [0.5, 0.6) is 11.5 Å². The van der Waals surface area contributed by atoms with Crippen LogP contribution in [0.2, 0.25) is 0 Å². The molecule has 0 amide bonds. The lowest BCUT2D eigenvalue weighted by Crippen LogP contribution is -2.34. The highest BCUT2D eigenvalue weighted by molar-refractivity contribution is 8.00. The van der Waals surface area contributed by atoms with Gasteiger partial charge in [-0.3, -0.25) is 0 Å². The predicted molar refractivity (Wildman–Crippen MR) is 394 cm³/mol. The van der Waals surface area contributed by atoms with Crippen molar-refractivity contribution in [1.82, 2.24) is 0 Å². The van der Waals surface area contributed by atoms with E-state index in [2.05, 4.69) is 210 Å². The number of alkyl halides is 9. The van der Waals surface area contributed by atoms with Crippen LogP contribution >= 0.6 is 0 Å². The van der Waals surface area contributed by atoms with E-state index in [4.69, 9.17) is 0 Å². The molecular weight excluding hydrogens is 1410 g/mol. The van der Waals surface area contributed by atoms with E-state index in [1.54, 1.807) is 12.1 Å². The van der Waals surface area contributed by atoms with E-state index < -0.39 is 52.6 Å². The van der Waals surface area contributed by atoms with E-state index in [1.807, 2.05) is 76.4 Å². The molecule has 16 aromatic carbocycles. The maximum Gasteiger partial charge on any atom is 0.534 e. The number of hydrogen-bond donors (Lipinski definition) is 1. The quantitative estimate of drug-likeness (QED) is 0.0613. The highest BCUT2D eigenvalue weighted by atomic mass is 32.3. The second-order valence-corrected chi connectivity index (χ2v) is 29.0. The molecule has 0 bridgehead atoms. The van der Waals surface area contributed by atoms with Gasteiger partial charge >= 0.3 is 46.9 Å². The second-order valence-electron chi connectivity index (χ2n) is 24.1. The summed E-state index contributed by atoms with van der Waals surface area (Å²) in [6.07, 6.45) is 0. The molecular formula is C83H51F9O9S3. The molecule has 21 heteroatoms. The normalized spacial score (nSPS) is 12.4. The number of halogens is 9. The zero-order chi connectivity index (χ0) is 73.1. The number of fused-ring (bicyclic) bond motifs is 8. The Balaban J connectivity index is 0.000000148. The van der Waals surface area contributed by atoms with Crippen LogP contribution in [0, 0.1) is 0 Å². The van der Waals surface area contributed by atoms with Crippen LogP contribution in [0.15, 0.2) is 303 Å². The van der Waals surface area contributed by atoms with Crippen molar-refractivity contribution in [2.45, 2.75) is 16.5 Å². The largest absolute Gasteiger partial charge is 0.534 e. The summed E-state index contributed by atoms with van der Waals surface area (Å²) in [5.41, 5.74) is -4.41. The summed E-state index contributed by atoms with van der Waals surface area (Å²) in [6, 6.07) is 103. The van der Waals surface area contributed by atoms with Gasteiger partial charge in [-0.2, -0.15) is 64.8 Å². The topological polar surface area (TPSA) is 141 Å². The monoisotopic (exact) mass is 1460 g/mol. The molecule has 9 nitrogen and oxygen atoms in total. The summed E-state index contributed by atoms with van der Waals surface area (Å²) in [5, 5.41) is 27.4. The molecule has 0 aromatic heterocycles. The molecule has 0 unspecified atom stereocenters. The first kappa shape index (κ1) is 69.5. The van der Waals surface area contributed by atoms with Gasteiger partial charge in [-0.05, 0) is 189 Å². The molecule has 0 atom stereocenters. The number of rotatable bonds is 10. The first-order chi connectivity index (χ1) is 49.7. The van der Waals surface area contributed by atoms with Crippen molar-refractivity contribution in [3.05, 3.63) is 303 Å². The molecule has 0 radical (unpaired) electrons. The first-order valence-electron chi connectivity index (χ1n) is 31.8. The summed E-state index contributed by atoms with van der Waals surface area (Å²) in [7, 11) is -19.5. The van der Waals surface area contributed by atoms with Crippen LogP contribution in [-0.4, -0.2) is 46.9 Å². The predicted octanol–water partition coefficient (Wildman–Crippen LogP) is 23.2. The van der Waals surface area contributed by atoms with Crippen LogP contribution in [0.4, 0.5) is 39.5 Å². The minimum atomic E-state index is -6.85. The van der Waals surface area contributed by atoms with Crippen LogP contribution in [-0.2, 0) is 34.0 Å². The molecule has 0 saturated carbocycles. The Bertz CT molecular complexity index is 6300. The van der Waals surface area contributed by atoms with E-state index in [-0.39, 0.29) is 5.75 Å². The Morgan fingerprint density at radius 3 is 0.865 bits per heavy atom. The Hall–Kier alpha value is -11.6. The molecule has 0 aliphatic rings. The van der Waals surface area contributed by atoms with Gasteiger partial charge in [0.2, 0.25) is 0 Å². The summed E-state index contributed by atoms with van der Waals surface area (Å²) >= 11 is 0. The summed E-state index contributed by atoms with van der Waals surface area (Å²) in [6.45, 7) is 0. The lowest BCUT2D eigenvalue weighted by molar-refractivity contribution is -0.0586. The van der Waals surface area contributed by atoms with Gasteiger partial charge in [0, 0.05) is 0 Å². The third-order valence-electron chi connectivity index (χ3n) is 17.9. The fourth-order valence-corrected chi connectivity index (χ4v) is 15.4. The Morgan fingerprint density at radius 2 is 0.519 bits per heavy atom. The molecule has 0 aliphatic carbocycles. The van der Waals surface area contributed by atoms with Crippen molar-refractivity contribution in [1.29, 1.82) is 0 Å². The van der Waals surface area contributed by atoms with E-state index in [1.165, 1.54) is 72.3 Å². The molecule has 0 heterocycles. The van der Waals surface area contributed by atoms with E-state index >= 15 is 0 Å². The standard InChI is InChI=1S/C41H25F3O3S.C40H26O.C2F6O5S2/c42-41(43,44)48(45,46)47-30-21-20-26-18-19-28(24-29(26)25-30)39-34-14-6-8-16-36(34)40(37-17-9-7-15-35(37)39)38-23-22-31(27-10-2-1-3-11-27)32-12-4-5-13-33(32)38;41-30-21-20-26-18-19-28(24-29(26)25-30)39-34-14-6-8-16-36(34)40(37-17-9-7-15-35(37)39)38-23-22-31(27-10-2-1-3-11-27)32-12-4-5-13-33(32)38;3-1(4,5)14(9,10)13-15(11,12)2(6,7)8/h1-25H;1-25,41H;. The molecule has 518 valence electrons. The summed E-state index contributed by atoms with van der Waals surface area (Å²) in [5.74, 6) is -0.126. The van der Waals surface area contributed by atoms with Crippen molar-refractivity contribution in [3.63, 3.8) is 0 Å². The SMILES string of the molecule is O=S(=O)(OS(=O)(=O)C(F)(F)F)C(F)(F)F.O=S(=O)(Oc1ccc2ccc(-c3c4ccccc4c(-c4ccc(-c5ccccc5)c5ccccc45)c4ccccc34)cc2c1)C(F)(F)F.Oc1ccc2ccc(-c3c4ccccc4c(-c4ccc(-c5ccccc5)c5ccccc45)c4ccccc34)cc2c1. The highest BCUT2D eigenvalue weighted by Crippen LogP contribution is 2.50. The van der Waals surface area contributed by atoms with E-state index in [0.717, 1.165) is 87.4 Å². The number of hydrogen-bond acceptors (Lipinski definition) is 9. The smallest absolute Gasteiger partial charge is 0.508 e. The van der Waals surface area contributed by atoms with Crippen molar-refractivity contribution < 1.29 is 77.7 Å². The van der Waals surface area contributed by atoms with Gasteiger partial charge in [0.1, 0.15) is 11.5 Å². The molecule has 16 rings (SSSR count). The average molecular weight is 1460 g/mol. The Labute approximate surface area is 588 Å². The first-order valence-corrected chi connectivity index (χ1v) is 36.0. The summed E-state index contributed by atoms with van der Waals surface area (Å²) in [4.78, 5) is 0. The number of aromatic hydroxyl groups is 1. The van der Waals surface area contributed by atoms with E-state index in [9.17, 15) is 69.9 Å². The minimum Gasteiger partial charge on any atom is -0.508 e. The maximum atomic E-state index is 13.0. The van der Waals surface area contributed by atoms with Gasteiger partial charge in [-0.15, -0.1) is 3.63 Å². The van der Waals surface area contributed by atoms with Crippen LogP contribution in [0.3, 0.4) is 0 Å². The van der Waals surface area contributed by atoms with Gasteiger partial charge in [0.05, 0.1) is 0 Å².